The lowest BCUT2D eigenvalue weighted by Gasteiger charge is -2.26. The van der Waals surface area contributed by atoms with Crippen LogP contribution in [0.3, 0.4) is 0 Å². The minimum Gasteiger partial charge on any atom is -0.436 e. The van der Waals surface area contributed by atoms with Gasteiger partial charge in [-0.1, -0.05) is 66.7 Å². The van der Waals surface area contributed by atoms with E-state index in [1.165, 1.54) is 20.2 Å². The summed E-state index contributed by atoms with van der Waals surface area (Å²) in [6, 6.07) is 46.8. The Bertz CT molecular complexity index is 2130. The molecule has 0 aliphatic heterocycles. The number of benzene rings is 6. The quantitative estimate of drug-likeness (QED) is 0.232. The summed E-state index contributed by atoms with van der Waals surface area (Å²) >= 11 is 1.84. The second-order valence-corrected chi connectivity index (χ2v) is 10.7. The molecule has 0 N–H and O–H groups in total. The van der Waals surface area contributed by atoms with Crippen LogP contribution in [0.4, 0.5) is 17.1 Å². The van der Waals surface area contributed by atoms with Gasteiger partial charge in [0.15, 0.2) is 5.58 Å². The maximum atomic E-state index is 6.12. The predicted molar refractivity (Wildman–Crippen MR) is 165 cm³/mol. The number of oxazole rings is 1. The van der Waals surface area contributed by atoms with Crippen molar-refractivity contribution in [3.63, 3.8) is 0 Å². The molecule has 0 fully saturated rings. The van der Waals surface area contributed by atoms with Crippen LogP contribution in [-0.2, 0) is 0 Å². The highest BCUT2D eigenvalue weighted by Gasteiger charge is 2.17. The number of fused-ring (bicyclic) bond motifs is 6. The Hall–Kier alpha value is -4.93. The first-order chi connectivity index (χ1) is 19.3. The lowest BCUT2D eigenvalue weighted by molar-refractivity contribution is 0.620. The van der Waals surface area contributed by atoms with E-state index in [2.05, 4.69) is 102 Å². The number of hydrogen-bond acceptors (Lipinski definition) is 4. The molecule has 2 aromatic heterocycles. The minimum atomic E-state index is 0.643. The van der Waals surface area contributed by atoms with Crippen LogP contribution in [0, 0.1) is 0 Å². The van der Waals surface area contributed by atoms with Crippen molar-refractivity contribution in [3.8, 4) is 11.5 Å². The van der Waals surface area contributed by atoms with Crippen molar-refractivity contribution >= 4 is 70.4 Å². The highest BCUT2D eigenvalue weighted by Crippen LogP contribution is 2.41. The van der Waals surface area contributed by atoms with E-state index in [9.17, 15) is 0 Å². The smallest absolute Gasteiger partial charge is 0.227 e. The summed E-state index contributed by atoms with van der Waals surface area (Å²) in [5, 5.41) is 4.81. The van der Waals surface area contributed by atoms with Gasteiger partial charge >= 0.3 is 0 Å². The number of rotatable bonds is 4. The van der Waals surface area contributed by atoms with Gasteiger partial charge in [-0.2, -0.15) is 0 Å². The Morgan fingerprint density at radius 3 is 2.08 bits per heavy atom. The van der Waals surface area contributed by atoms with Crippen molar-refractivity contribution in [2.75, 3.05) is 4.90 Å². The van der Waals surface area contributed by atoms with Crippen LogP contribution >= 0.6 is 11.3 Å². The normalized spacial score (nSPS) is 11.6. The molecule has 8 rings (SSSR count). The first-order valence-corrected chi connectivity index (χ1v) is 13.8. The summed E-state index contributed by atoms with van der Waals surface area (Å²) < 4.78 is 8.72. The lowest BCUT2D eigenvalue weighted by Crippen LogP contribution is -2.09. The van der Waals surface area contributed by atoms with Crippen molar-refractivity contribution in [2.45, 2.75) is 0 Å². The Morgan fingerprint density at radius 2 is 1.23 bits per heavy atom. The average molecular weight is 519 g/mol. The van der Waals surface area contributed by atoms with Gasteiger partial charge in [-0.15, -0.1) is 11.3 Å². The topological polar surface area (TPSA) is 29.3 Å². The van der Waals surface area contributed by atoms with E-state index >= 15 is 0 Å². The van der Waals surface area contributed by atoms with E-state index in [1.807, 2.05) is 47.7 Å². The molecular weight excluding hydrogens is 496 g/mol. The van der Waals surface area contributed by atoms with Crippen molar-refractivity contribution < 1.29 is 4.42 Å². The number of aromatic nitrogens is 1. The third-order valence-corrected chi connectivity index (χ3v) is 8.41. The van der Waals surface area contributed by atoms with Crippen LogP contribution in [0.1, 0.15) is 0 Å². The molecule has 0 saturated carbocycles. The number of nitrogens with zero attached hydrogens (tertiary/aromatic N) is 2. The Labute approximate surface area is 229 Å². The summed E-state index contributed by atoms with van der Waals surface area (Å²) in [6.45, 7) is 0. The first-order valence-electron chi connectivity index (χ1n) is 13.0. The lowest BCUT2D eigenvalue weighted by atomic mass is 10.1. The Morgan fingerprint density at radius 1 is 0.538 bits per heavy atom. The number of thiophene rings is 1. The van der Waals surface area contributed by atoms with Gasteiger partial charge in [-0.05, 0) is 72.1 Å². The van der Waals surface area contributed by atoms with Crippen LogP contribution < -0.4 is 4.90 Å². The van der Waals surface area contributed by atoms with Gasteiger partial charge in [0.1, 0.15) is 5.52 Å². The molecule has 39 heavy (non-hydrogen) atoms. The summed E-state index contributed by atoms with van der Waals surface area (Å²) in [5.41, 5.74) is 6.01. The zero-order chi connectivity index (χ0) is 25.8. The average Bonchev–Trinajstić information content (AvgIpc) is 3.60. The first kappa shape index (κ1) is 22.1. The van der Waals surface area contributed by atoms with Crippen molar-refractivity contribution in [1.82, 2.24) is 4.98 Å². The second kappa shape index (κ2) is 8.83. The maximum absolute atomic E-state index is 6.12. The van der Waals surface area contributed by atoms with Crippen molar-refractivity contribution in [3.05, 3.63) is 133 Å². The number of hydrogen-bond donors (Lipinski definition) is 0. The van der Waals surface area contributed by atoms with Gasteiger partial charge < -0.3 is 9.32 Å². The molecular formula is C35H22N2OS. The summed E-state index contributed by atoms with van der Waals surface area (Å²) in [4.78, 5) is 7.20. The molecule has 6 aromatic carbocycles. The van der Waals surface area contributed by atoms with Crippen molar-refractivity contribution in [1.29, 1.82) is 0 Å². The molecule has 4 heteroatoms. The fourth-order valence-corrected chi connectivity index (χ4v) is 6.57. The Balaban J connectivity index is 1.29. The standard InChI is InChI=1S/C35H22N2OS/c1-3-9-23(10-4-1)35-36-34-28-18-16-26(21-24(28)15-20-31(34)38-35)37(25-11-5-2-6-12-25)27-17-19-30-29-13-7-8-14-32(29)39-33(30)22-27/h1-22H. The molecule has 0 spiro atoms. The van der Waals surface area contributed by atoms with Gasteiger partial charge in [-0.25, -0.2) is 4.98 Å². The molecule has 8 aromatic rings. The highest BCUT2D eigenvalue weighted by atomic mass is 32.1. The molecule has 0 aliphatic carbocycles. The molecule has 3 nitrogen and oxygen atoms in total. The van der Waals surface area contributed by atoms with E-state index in [-0.39, 0.29) is 0 Å². The summed E-state index contributed by atoms with van der Waals surface area (Å²) in [6.07, 6.45) is 0. The molecule has 0 unspecified atom stereocenters. The van der Waals surface area contributed by atoms with Gasteiger partial charge in [0, 0.05) is 48.2 Å². The van der Waals surface area contributed by atoms with E-state index in [1.54, 1.807) is 0 Å². The maximum Gasteiger partial charge on any atom is 0.227 e. The largest absolute Gasteiger partial charge is 0.436 e. The molecule has 0 aliphatic rings. The molecule has 0 saturated heterocycles. The molecule has 184 valence electrons. The second-order valence-electron chi connectivity index (χ2n) is 9.65. The molecule has 0 amide bonds. The third kappa shape index (κ3) is 3.69. The van der Waals surface area contributed by atoms with E-state index in [0.717, 1.165) is 44.5 Å². The number of anilines is 3. The monoisotopic (exact) mass is 518 g/mol. The molecule has 0 atom stereocenters. The van der Waals surface area contributed by atoms with Crippen LogP contribution in [0.2, 0.25) is 0 Å². The van der Waals surface area contributed by atoms with Gasteiger partial charge in [0.25, 0.3) is 0 Å². The van der Waals surface area contributed by atoms with Crippen molar-refractivity contribution in [2.24, 2.45) is 0 Å². The van der Waals surface area contributed by atoms with Gasteiger partial charge in [0.2, 0.25) is 5.89 Å². The van der Waals surface area contributed by atoms with Crippen LogP contribution in [0.15, 0.2) is 138 Å². The fraction of sp³-hybridized carbons (Fsp3) is 0. The zero-order valence-corrected chi connectivity index (χ0v) is 21.7. The predicted octanol–water partition coefficient (Wildman–Crippen LogP) is 10.5. The van der Waals surface area contributed by atoms with Gasteiger partial charge in [0.05, 0.1) is 0 Å². The number of para-hydroxylation sites is 1. The van der Waals surface area contributed by atoms with E-state index in [4.69, 9.17) is 9.40 Å². The van der Waals surface area contributed by atoms with Gasteiger partial charge in [-0.3, -0.25) is 0 Å². The summed E-state index contributed by atoms with van der Waals surface area (Å²) in [7, 11) is 0. The molecule has 2 heterocycles. The summed E-state index contributed by atoms with van der Waals surface area (Å²) in [5.74, 6) is 0.643. The molecule has 0 bridgehead atoms. The molecule has 0 radical (unpaired) electrons. The zero-order valence-electron chi connectivity index (χ0n) is 20.9. The SMILES string of the molecule is c1ccc(-c2nc3c(ccc4cc(N(c5ccccc5)c5ccc6c(c5)sc5ccccc56)ccc43)o2)cc1. The highest BCUT2D eigenvalue weighted by molar-refractivity contribution is 7.25. The fourth-order valence-electron chi connectivity index (χ4n) is 5.43. The Kier molecular flexibility index (Phi) is 5.00. The van der Waals surface area contributed by atoms with Crippen LogP contribution in [0.25, 0.3) is 53.5 Å². The van der Waals surface area contributed by atoms with E-state index < -0.39 is 0 Å². The van der Waals surface area contributed by atoms with E-state index in [0.29, 0.717) is 5.89 Å². The van der Waals surface area contributed by atoms with Crippen LogP contribution in [0.5, 0.6) is 0 Å². The minimum absolute atomic E-state index is 0.643. The van der Waals surface area contributed by atoms with Crippen LogP contribution in [-0.4, -0.2) is 4.98 Å². The third-order valence-electron chi connectivity index (χ3n) is 7.27.